The van der Waals surface area contributed by atoms with Crippen LogP contribution < -0.4 is 0 Å². The predicted octanol–water partition coefficient (Wildman–Crippen LogP) is 1.76. The van der Waals surface area contributed by atoms with Crippen LogP contribution in [0.25, 0.3) is 0 Å². The fraction of sp³-hybridized carbons (Fsp3) is 0.167. The van der Waals surface area contributed by atoms with Crippen molar-refractivity contribution in [1.29, 1.82) is 0 Å². The first-order valence-electron chi connectivity index (χ1n) is 1.88. The molecule has 0 aliphatic heterocycles. The third-order valence-electron chi connectivity index (χ3n) is 0.402. The smallest absolute Gasteiger partial charge is 0.0265 e. The van der Waals surface area contributed by atoms with E-state index in [4.69, 9.17) is 0 Å². The zero-order valence-corrected chi connectivity index (χ0v) is 3.78. The summed E-state index contributed by atoms with van der Waals surface area (Å²) in [6.45, 7) is 6.93. The highest BCUT2D eigenvalue weighted by Crippen LogP contribution is 1.75. The lowest BCUT2D eigenvalue weighted by Gasteiger charge is -1.66. The zero-order chi connectivity index (χ0) is 4.83. The first kappa shape index (κ1) is 5.48. The molecule has 0 aliphatic carbocycles. The molecule has 0 spiro atoms. The van der Waals surface area contributed by atoms with Gasteiger partial charge in [-0.3, -0.25) is 0 Å². The van der Waals surface area contributed by atoms with E-state index in [1.54, 1.807) is 6.08 Å². The maximum Gasteiger partial charge on any atom is -0.0265 e. The lowest BCUT2D eigenvalue weighted by Crippen LogP contribution is -1.47. The molecule has 32 valence electrons. The SMILES string of the molecule is [CH2]C/C=C/[C]=C. The van der Waals surface area contributed by atoms with Gasteiger partial charge in [0.1, 0.15) is 0 Å². The van der Waals surface area contributed by atoms with Gasteiger partial charge in [0.15, 0.2) is 0 Å². The van der Waals surface area contributed by atoms with Gasteiger partial charge in [0.25, 0.3) is 0 Å². The van der Waals surface area contributed by atoms with E-state index >= 15 is 0 Å². The van der Waals surface area contributed by atoms with E-state index < -0.39 is 0 Å². The molecule has 0 aromatic carbocycles. The Morgan fingerprint density at radius 3 is 2.50 bits per heavy atom. The average Bonchev–Trinajstić information content (AvgIpc) is 1.61. The molecule has 0 aromatic rings. The minimum atomic E-state index is 0.822. The molecule has 2 radical (unpaired) electrons. The lowest BCUT2D eigenvalue weighted by atomic mass is 10.4. The third kappa shape index (κ3) is 3.48. The molecule has 0 amide bonds. The molecule has 0 N–H and O–H groups in total. The van der Waals surface area contributed by atoms with Crippen LogP contribution in [-0.2, 0) is 0 Å². The molecule has 0 heterocycles. The van der Waals surface area contributed by atoms with Crippen LogP contribution in [0.5, 0.6) is 0 Å². The van der Waals surface area contributed by atoms with Gasteiger partial charge in [0.05, 0.1) is 0 Å². The van der Waals surface area contributed by atoms with Crippen LogP contribution in [0.15, 0.2) is 18.7 Å². The van der Waals surface area contributed by atoms with Gasteiger partial charge >= 0.3 is 0 Å². The summed E-state index contributed by atoms with van der Waals surface area (Å²) in [7, 11) is 0. The Morgan fingerprint density at radius 1 is 1.67 bits per heavy atom. The van der Waals surface area contributed by atoms with Gasteiger partial charge in [-0.05, 0) is 19.4 Å². The second-order valence-electron chi connectivity index (χ2n) is 0.895. The van der Waals surface area contributed by atoms with E-state index in [9.17, 15) is 0 Å². The van der Waals surface area contributed by atoms with Crippen molar-refractivity contribution in [3.8, 4) is 0 Å². The Balaban J connectivity index is 2.94. The maximum absolute atomic E-state index is 3.57. The van der Waals surface area contributed by atoms with Gasteiger partial charge in [-0.25, -0.2) is 0 Å². The van der Waals surface area contributed by atoms with Crippen molar-refractivity contribution in [3.05, 3.63) is 31.7 Å². The van der Waals surface area contributed by atoms with Crippen LogP contribution in [0.2, 0.25) is 0 Å². The molecule has 0 fully saturated rings. The number of allylic oxidation sites excluding steroid dienone is 3. The summed E-state index contributed by atoms with van der Waals surface area (Å²) in [5.41, 5.74) is 0. The van der Waals surface area contributed by atoms with Crippen molar-refractivity contribution in [2.24, 2.45) is 0 Å². The van der Waals surface area contributed by atoms with Crippen molar-refractivity contribution in [3.63, 3.8) is 0 Å². The molecule has 0 atom stereocenters. The van der Waals surface area contributed by atoms with Crippen LogP contribution in [0.3, 0.4) is 0 Å². The Bertz CT molecular complexity index is 51.1. The van der Waals surface area contributed by atoms with E-state index in [0.29, 0.717) is 0 Å². The highest BCUT2D eigenvalue weighted by atomic mass is 13.6. The molecular formula is C6H8. The Labute approximate surface area is 39.2 Å². The summed E-state index contributed by atoms with van der Waals surface area (Å²) < 4.78 is 0. The first-order chi connectivity index (χ1) is 2.91. The van der Waals surface area contributed by atoms with E-state index in [-0.39, 0.29) is 0 Å². The third-order valence-corrected chi connectivity index (χ3v) is 0.402. The van der Waals surface area contributed by atoms with E-state index in [2.05, 4.69) is 19.6 Å². The summed E-state index contributed by atoms with van der Waals surface area (Å²) in [6, 6.07) is 0. The Hall–Kier alpha value is -0.520. The van der Waals surface area contributed by atoms with E-state index in [1.807, 2.05) is 6.08 Å². The van der Waals surface area contributed by atoms with Gasteiger partial charge < -0.3 is 0 Å². The van der Waals surface area contributed by atoms with Crippen molar-refractivity contribution >= 4 is 0 Å². The van der Waals surface area contributed by atoms with Crippen LogP contribution in [0, 0.1) is 13.0 Å². The molecule has 0 saturated heterocycles. The van der Waals surface area contributed by atoms with Gasteiger partial charge in [-0.1, -0.05) is 18.7 Å². The van der Waals surface area contributed by atoms with Gasteiger partial charge in [-0.2, -0.15) is 0 Å². The summed E-state index contributed by atoms with van der Waals surface area (Å²) in [5, 5.41) is 0. The fourth-order valence-electron chi connectivity index (χ4n) is 0.167. The second-order valence-corrected chi connectivity index (χ2v) is 0.895. The first-order valence-corrected chi connectivity index (χ1v) is 1.88. The summed E-state index contributed by atoms with van der Waals surface area (Å²) in [4.78, 5) is 0. The van der Waals surface area contributed by atoms with Crippen molar-refractivity contribution in [2.75, 3.05) is 0 Å². The largest absolute Gasteiger partial charge is 0.0912 e. The van der Waals surface area contributed by atoms with E-state index in [0.717, 1.165) is 6.42 Å². The molecule has 0 bridgehead atoms. The molecule has 6 heavy (non-hydrogen) atoms. The minimum Gasteiger partial charge on any atom is -0.0912 e. The summed E-state index contributed by atoms with van der Waals surface area (Å²) in [5.74, 6) is 0. The highest BCUT2D eigenvalue weighted by Gasteiger charge is 1.56. The minimum absolute atomic E-state index is 0.822. The predicted molar refractivity (Wildman–Crippen MR) is 28.0 cm³/mol. The second kappa shape index (κ2) is 4.48. The molecule has 0 saturated carbocycles. The summed E-state index contributed by atoms with van der Waals surface area (Å²) >= 11 is 0. The Kier molecular flexibility index (Phi) is 4.09. The number of hydrogen-bond acceptors (Lipinski definition) is 0. The average molecular weight is 80.1 g/mol. The Morgan fingerprint density at radius 2 is 2.33 bits per heavy atom. The standard InChI is InChI=1S/C6H8/c1-3-5-6-4-2/h5-6H,1-3H2/b6-5+. The van der Waals surface area contributed by atoms with Crippen molar-refractivity contribution in [1.82, 2.24) is 0 Å². The molecule has 0 aliphatic rings. The van der Waals surface area contributed by atoms with Crippen molar-refractivity contribution in [2.45, 2.75) is 6.42 Å². The van der Waals surface area contributed by atoms with Gasteiger partial charge in [0.2, 0.25) is 0 Å². The molecule has 0 heteroatoms. The lowest BCUT2D eigenvalue weighted by molar-refractivity contribution is 1.40. The molecule has 0 unspecified atom stereocenters. The maximum atomic E-state index is 3.57. The van der Waals surface area contributed by atoms with Crippen LogP contribution in [-0.4, -0.2) is 0 Å². The van der Waals surface area contributed by atoms with Crippen LogP contribution in [0.1, 0.15) is 6.42 Å². The van der Waals surface area contributed by atoms with Gasteiger partial charge in [0, 0.05) is 0 Å². The molecule has 0 rings (SSSR count). The monoisotopic (exact) mass is 80.1 g/mol. The highest BCUT2D eigenvalue weighted by molar-refractivity contribution is 4.90. The molecule has 0 aromatic heterocycles. The molecule has 0 nitrogen and oxygen atoms in total. The van der Waals surface area contributed by atoms with Crippen molar-refractivity contribution < 1.29 is 0 Å². The zero-order valence-electron chi connectivity index (χ0n) is 3.78. The van der Waals surface area contributed by atoms with Gasteiger partial charge in [-0.15, -0.1) is 0 Å². The quantitative estimate of drug-likeness (QED) is 0.443. The molecular weight excluding hydrogens is 72.1 g/mol. The van der Waals surface area contributed by atoms with Crippen LogP contribution in [0.4, 0.5) is 0 Å². The fourth-order valence-corrected chi connectivity index (χ4v) is 0.167. The summed E-state index contributed by atoms with van der Waals surface area (Å²) in [6.07, 6.45) is 7.07. The van der Waals surface area contributed by atoms with Crippen LogP contribution >= 0.6 is 0 Å². The normalized spacial score (nSPS) is 9.50. The number of hydrogen-bond donors (Lipinski definition) is 0. The topological polar surface area (TPSA) is 0 Å². The van der Waals surface area contributed by atoms with E-state index in [1.165, 1.54) is 0 Å². The number of rotatable bonds is 2.